The Kier molecular flexibility index (Phi) is 12.3. The Hall–Kier alpha value is -4.30. The first-order valence-electron chi connectivity index (χ1n) is 16.7. The largest absolute Gasteiger partial charge is 0.444 e. The predicted molar refractivity (Wildman–Crippen MR) is 180 cm³/mol. The third-order valence-corrected chi connectivity index (χ3v) is 9.13. The van der Waals surface area contributed by atoms with Crippen LogP contribution in [-0.4, -0.2) is 103 Å². The van der Waals surface area contributed by atoms with Crippen molar-refractivity contribution in [1.29, 1.82) is 0 Å². The molecule has 2 aliphatic rings. The number of nitrogens with zero attached hydrogens (tertiary/aromatic N) is 2. The number of benzene rings is 1. The summed E-state index contributed by atoms with van der Waals surface area (Å²) in [6.45, 7) is 13.7. The Morgan fingerprint density at radius 1 is 0.960 bits per heavy atom. The van der Waals surface area contributed by atoms with Gasteiger partial charge >= 0.3 is 6.09 Å². The van der Waals surface area contributed by atoms with E-state index in [1.54, 1.807) is 71.9 Å². The van der Waals surface area contributed by atoms with Gasteiger partial charge in [-0.15, -0.1) is 0 Å². The summed E-state index contributed by atoms with van der Waals surface area (Å²) in [5, 5.41) is 9.91. The van der Waals surface area contributed by atoms with Crippen LogP contribution < -0.4 is 21.3 Å². The molecule has 50 heavy (non-hydrogen) atoms. The van der Waals surface area contributed by atoms with E-state index < -0.39 is 90.2 Å². The number of likely N-dealkylation sites (N-methyl/N-ethyl adjacent to an activating group) is 1. The summed E-state index contributed by atoms with van der Waals surface area (Å²) in [6, 6.07) is 3.45. The normalized spacial score (nSPS) is 21.2. The SMILES string of the molecule is CN(C)C(=O)[C@@H](NC(=O)CNC(=O)[C@H](CC(F)F)NC(=O)[C@@H]1[C@@H]2[C@H](CN1C(=O)[C@@H](NC(=O)OC(C)(C)C)C(C)(C)C)C2(C)C)c1ccccc1. The molecule has 15 heteroatoms. The number of piperidine rings is 1. The number of rotatable bonds is 12. The van der Waals surface area contributed by atoms with Gasteiger partial charge in [0.05, 0.1) is 6.54 Å². The molecule has 0 spiro atoms. The minimum absolute atomic E-state index is 0.0714. The molecule has 0 aromatic heterocycles. The van der Waals surface area contributed by atoms with Crippen molar-refractivity contribution in [3.8, 4) is 0 Å². The average Bonchev–Trinajstić information content (AvgIpc) is 3.30. The number of hydrogen-bond acceptors (Lipinski definition) is 7. The second-order valence-corrected chi connectivity index (χ2v) is 15.9. The Morgan fingerprint density at radius 2 is 1.56 bits per heavy atom. The zero-order valence-corrected chi connectivity index (χ0v) is 30.6. The van der Waals surface area contributed by atoms with Crippen LogP contribution in [0.25, 0.3) is 0 Å². The first-order chi connectivity index (χ1) is 23.0. The van der Waals surface area contributed by atoms with Gasteiger partial charge in [-0.3, -0.25) is 24.0 Å². The van der Waals surface area contributed by atoms with Crippen molar-refractivity contribution >= 4 is 35.6 Å². The molecular formula is C35H52F2N6O7. The highest BCUT2D eigenvalue weighted by atomic mass is 19.3. The maximum Gasteiger partial charge on any atom is 0.408 e. The highest BCUT2D eigenvalue weighted by Gasteiger charge is 2.70. The third kappa shape index (κ3) is 9.90. The van der Waals surface area contributed by atoms with Crippen molar-refractivity contribution in [1.82, 2.24) is 31.1 Å². The Morgan fingerprint density at radius 3 is 2.08 bits per heavy atom. The van der Waals surface area contributed by atoms with Crippen LogP contribution in [0, 0.1) is 22.7 Å². The third-order valence-electron chi connectivity index (χ3n) is 9.13. The number of carbonyl (C=O) groups is 6. The van der Waals surface area contributed by atoms with E-state index in [1.807, 2.05) is 13.8 Å². The van der Waals surface area contributed by atoms with E-state index in [-0.39, 0.29) is 23.8 Å². The summed E-state index contributed by atoms with van der Waals surface area (Å²) >= 11 is 0. The molecule has 6 atom stereocenters. The van der Waals surface area contributed by atoms with Gasteiger partial charge in [-0.05, 0) is 49.0 Å². The molecule has 0 bridgehead atoms. The Labute approximate surface area is 292 Å². The second kappa shape index (κ2) is 15.3. The predicted octanol–water partition coefficient (Wildman–Crippen LogP) is 2.61. The van der Waals surface area contributed by atoms with E-state index in [2.05, 4.69) is 21.3 Å². The number of carbonyl (C=O) groups excluding carboxylic acids is 6. The average molecular weight is 707 g/mol. The summed E-state index contributed by atoms with van der Waals surface area (Å²) in [6.07, 6.45) is -4.85. The highest BCUT2D eigenvalue weighted by Crippen LogP contribution is 2.65. The van der Waals surface area contributed by atoms with Gasteiger partial charge in [0.1, 0.15) is 29.8 Å². The van der Waals surface area contributed by atoms with Crippen LogP contribution >= 0.6 is 0 Å². The number of nitrogens with one attached hydrogen (secondary N) is 4. The molecule has 1 aromatic carbocycles. The minimum atomic E-state index is -2.99. The monoisotopic (exact) mass is 706 g/mol. The molecule has 0 unspecified atom stereocenters. The van der Waals surface area contributed by atoms with Crippen LogP contribution in [0.2, 0.25) is 0 Å². The standard InChI is InChI=1S/C35H52F2N6O7/c1-33(2,3)27(41-32(49)50-34(4,5)6)31(48)43-18-20-24(35(20,7)8)26(43)29(46)39-21(16-22(36)37)28(45)38-17-23(44)40-25(30(47)42(9)10)19-14-12-11-13-15-19/h11-15,20-22,24-27H,16-18H2,1-10H3,(H,38,45)(H,39,46)(H,40,44)(H,41,49)/t20-,21-,24-,25-,26-,27+/m0/s1. The molecule has 0 radical (unpaired) electrons. The van der Waals surface area contributed by atoms with Crippen LogP contribution in [0.3, 0.4) is 0 Å². The van der Waals surface area contributed by atoms with Crippen molar-refractivity contribution in [3.05, 3.63) is 35.9 Å². The van der Waals surface area contributed by atoms with Gasteiger partial charge in [0.2, 0.25) is 36.0 Å². The fourth-order valence-corrected chi connectivity index (χ4v) is 6.41. The van der Waals surface area contributed by atoms with Gasteiger partial charge in [-0.1, -0.05) is 65.0 Å². The molecule has 6 amide bonds. The molecule has 1 saturated heterocycles. The van der Waals surface area contributed by atoms with E-state index in [0.29, 0.717) is 5.56 Å². The van der Waals surface area contributed by atoms with E-state index in [9.17, 15) is 37.5 Å². The molecule has 1 heterocycles. The molecule has 3 rings (SSSR count). The first kappa shape index (κ1) is 40.1. The number of fused-ring (bicyclic) bond motifs is 1. The molecule has 1 saturated carbocycles. The number of likely N-dealkylation sites (tertiary alicyclic amines) is 1. The van der Waals surface area contributed by atoms with Gasteiger partial charge in [0.25, 0.3) is 0 Å². The Bertz CT molecular complexity index is 1440. The van der Waals surface area contributed by atoms with Gasteiger partial charge in [-0.25, -0.2) is 13.6 Å². The summed E-state index contributed by atoms with van der Waals surface area (Å²) in [5.41, 5.74) is -1.47. The lowest BCUT2D eigenvalue weighted by Gasteiger charge is -2.38. The molecule has 4 N–H and O–H groups in total. The van der Waals surface area contributed by atoms with E-state index in [4.69, 9.17) is 4.74 Å². The van der Waals surface area contributed by atoms with Crippen molar-refractivity contribution in [2.45, 2.75) is 98.0 Å². The zero-order valence-electron chi connectivity index (χ0n) is 30.6. The fourth-order valence-electron chi connectivity index (χ4n) is 6.41. The lowest BCUT2D eigenvalue weighted by atomic mass is 9.85. The maximum absolute atomic E-state index is 14.0. The molecule has 13 nitrogen and oxygen atoms in total. The van der Waals surface area contributed by atoms with Gasteiger partial charge in [0.15, 0.2) is 0 Å². The van der Waals surface area contributed by atoms with Crippen molar-refractivity contribution < 1.29 is 42.3 Å². The van der Waals surface area contributed by atoms with E-state index in [1.165, 1.54) is 23.9 Å². The minimum Gasteiger partial charge on any atom is -0.444 e. The Balaban J connectivity index is 1.77. The van der Waals surface area contributed by atoms with Crippen molar-refractivity contribution in [2.75, 3.05) is 27.2 Å². The number of halogens is 2. The highest BCUT2D eigenvalue weighted by molar-refractivity contribution is 5.96. The second-order valence-electron chi connectivity index (χ2n) is 15.9. The molecule has 1 aromatic rings. The lowest BCUT2D eigenvalue weighted by Crippen LogP contribution is -2.61. The number of hydrogen-bond donors (Lipinski definition) is 4. The quantitative estimate of drug-likeness (QED) is 0.259. The smallest absolute Gasteiger partial charge is 0.408 e. The maximum atomic E-state index is 14.0. The lowest BCUT2D eigenvalue weighted by molar-refractivity contribution is -0.144. The molecule has 1 aliphatic carbocycles. The number of alkyl halides is 2. The topological polar surface area (TPSA) is 166 Å². The van der Waals surface area contributed by atoms with Crippen LogP contribution in [0.5, 0.6) is 0 Å². The van der Waals surface area contributed by atoms with Gasteiger partial charge < -0.3 is 35.8 Å². The van der Waals surface area contributed by atoms with Gasteiger partial charge in [0, 0.05) is 27.1 Å². The zero-order chi connectivity index (χ0) is 37.9. The van der Waals surface area contributed by atoms with Crippen molar-refractivity contribution in [2.24, 2.45) is 22.7 Å². The van der Waals surface area contributed by atoms with Gasteiger partial charge in [-0.2, -0.15) is 0 Å². The first-order valence-corrected chi connectivity index (χ1v) is 16.7. The molecular weight excluding hydrogens is 654 g/mol. The van der Waals surface area contributed by atoms with Crippen molar-refractivity contribution in [3.63, 3.8) is 0 Å². The number of amides is 6. The van der Waals surface area contributed by atoms with Crippen LogP contribution in [-0.2, 0) is 28.7 Å². The molecule has 1 aliphatic heterocycles. The number of alkyl carbamates (subject to hydrolysis) is 1. The molecule has 2 fully saturated rings. The summed E-state index contributed by atoms with van der Waals surface area (Å²) in [4.78, 5) is 82.1. The summed E-state index contributed by atoms with van der Waals surface area (Å²) in [7, 11) is 3.04. The summed E-state index contributed by atoms with van der Waals surface area (Å²) < 4.78 is 32.8. The van der Waals surface area contributed by atoms with Crippen LogP contribution in [0.4, 0.5) is 13.6 Å². The fraction of sp³-hybridized carbons (Fsp3) is 0.657. The van der Waals surface area contributed by atoms with E-state index in [0.717, 1.165) is 0 Å². The number of ether oxygens (including phenoxy) is 1. The molecule has 278 valence electrons. The summed E-state index contributed by atoms with van der Waals surface area (Å²) in [5.74, 6) is -3.95. The van der Waals surface area contributed by atoms with Crippen LogP contribution in [0.15, 0.2) is 30.3 Å². The van der Waals surface area contributed by atoms with Crippen LogP contribution in [0.1, 0.15) is 73.4 Å². The van der Waals surface area contributed by atoms with E-state index >= 15 is 0 Å².